The van der Waals surface area contributed by atoms with E-state index in [1.165, 1.54) is 20.0 Å². The lowest BCUT2D eigenvalue weighted by Crippen LogP contribution is -2.18. The first-order valence-corrected chi connectivity index (χ1v) is 5.21. The third-order valence-corrected chi connectivity index (χ3v) is 2.58. The molecule has 0 bridgehead atoms. The van der Waals surface area contributed by atoms with Gasteiger partial charge >= 0.3 is 5.97 Å². The van der Waals surface area contributed by atoms with E-state index >= 15 is 0 Å². The summed E-state index contributed by atoms with van der Waals surface area (Å²) in [7, 11) is 1.41. The summed E-state index contributed by atoms with van der Waals surface area (Å²) >= 11 is 0. The molecule has 1 saturated carbocycles. The van der Waals surface area contributed by atoms with Crippen LogP contribution in [0, 0.1) is 0 Å². The summed E-state index contributed by atoms with van der Waals surface area (Å²) in [6.45, 7) is 0.746. The maximum Gasteiger partial charge on any atom is 0.338 e. The minimum atomic E-state index is -0.261. The minimum Gasteiger partial charge on any atom is -0.465 e. The van der Waals surface area contributed by atoms with Crippen molar-refractivity contribution in [1.82, 2.24) is 5.32 Å². The SMILES string of the molecule is COC(=O)c1ccccc1CNC1CC1. The van der Waals surface area contributed by atoms with E-state index in [1.54, 1.807) is 6.07 Å². The zero-order chi connectivity index (χ0) is 10.7. The molecule has 0 atom stereocenters. The summed E-state index contributed by atoms with van der Waals surface area (Å²) in [4.78, 5) is 11.4. The number of hydrogen-bond donors (Lipinski definition) is 1. The van der Waals surface area contributed by atoms with Gasteiger partial charge in [0.1, 0.15) is 0 Å². The Morgan fingerprint density at radius 2 is 2.20 bits per heavy atom. The maximum atomic E-state index is 11.4. The number of nitrogens with one attached hydrogen (secondary N) is 1. The largest absolute Gasteiger partial charge is 0.465 e. The van der Waals surface area contributed by atoms with Crippen LogP contribution in [-0.4, -0.2) is 19.1 Å². The molecule has 3 nitrogen and oxygen atoms in total. The highest BCUT2D eigenvalue weighted by Crippen LogP contribution is 2.20. The normalized spacial score (nSPS) is 15.0. The van der Waals surface area contributed by atoms with Crippen LogP contribution in [0.25, 0.3) is 0 Å². The standard InChI is InChI=1S/C12H15NO2/c1-15-12(14)11-5-3-2-4-9(11)8-13-10-6-7-10/h2-5,10,13H,6-8H2,1H3. The van der Waals surface area contributed by atoms with E-state index in [1.807, 2.05) is 18.2 Å². The Labute approximate surface area is 89.4 Å². The number of esters is 1. The van der Waals surface area contributed by atoms with Crippen LogP contribution in [0.1, 0.15) is 28.8 Å². The number of carbonyl (C=O) groups excluding carboxylic acids is 1. The van der Waals surface area contributed by atoms with Crippen molar-refractivity contribution in [2.24, 2.45) is 0 Å². The molecule has 0 spiro atoms. The van der Waals surface area contributed by atoms with Gasteiger partial charge in [0.25, 0.3) is 0 Å². The van der Waals surface area contributed by atoms with Crippen LogP contribution in [0.15, 0.2) is 24.3 Å². The Balaban J connectivity index is 2.09. The van der Waals surface area contributed by atoms with Gasteiger partial charge in [-0.2, -0.15) is 0 Å². The van der Waals surface area contributed by atoms with Gasteiger partial charge in [-0.25, -0.2) is 4.79 Å². The van der Waals surface area contributed by atoms with Gasteiger partial charge in [0.05, 0.1) is 12.7 Å². The Bertz CT molecular complexity index is 358. The van der Waals surface area contributed by atoms with Gasteiger partial charge in [0.2, 0.25) is 0 Å². The molecule has 0 radical (unpaired) electrons. The van der Waals surface area contributed by atoms with Crippen LogP contribution in [0.5, 0.6) is 0 Å². The molecule has 0 saturated heterocycles. The topological polar surface area (TPSA) is 38.3 Å². The predicted octanol–water partition coefficient (Wildman–Crippen LogP) is 1.73. The second-order valence-electron chi connectivity index (χ2n) is 3.80. The molecule has 1 aromatic carbocycles. The molecule has 0 heterocycles. The van der Waals surface area contributed by atoms with Crippen molar-refractivity contribution in [3.8, 4) is 0 Å². The highest BCUT2D eigenvalue weighted by Gasteiger charge is 2.21. The lowest BCUT2D eigenvalue weighted by Gasteiger charge is -2.08. The van der Waals surface area contributed by atoms with Crippen molar-refractivity contribution >= 4 is 5.97 Å². The molecule has 15 heavy (non-hydrogen) atoms. The monoisotopic (exact) mass is 205 g/mol. The van der Waals surface area contributed by atoms with Gasteiger partial charge in [-0.3, -0.25) is 0 Å². The molecule has 1 fully saturated rings. The van der Waals surface area contributed by atoms with Crippen molar-refractivity contribution in [2.75, 3.05) is 7.11 Å². The summed E-state index contributed by atoms with van der Waals surface area (Å²) in [6.07, 6.45) is 2.50. The van der Waals surface area contributed by atoms with Crippen molar-refractivity contribution in [3.05, 3.63) is 35.4 Å². The van der Waals surface area contributed by atoms with Crippen molar-refractivity contribution in [3.63, 3.8) is 0 Å². The third-order valence-electron chi connectivity index (χ3n) is 2.58. The Kier molecular flexibility index (Phi) is 3.02. The summed E-state index contributed by atoms with van der Waals surface area (Å²) in [5.74, 6) is -0.261. The van der Waals surface area contributed by atoms with Crippen LogP contribution in [-0.2, 0) is 11.3 Å². The molecule has 3 heteroatoms. The van der Waals surface area contributed by atoms with E-state index in [4.69, 9.17) is 4.74 Å². The van der Waals surface area contributed by atoms with E-state index in [0.29, 0.717) is 11.6 Å². The predicted molar refractivity (Wildman–Crippen MR) is 57.6 cm³/mol. The minimum absolute atomic E-state index is 0.261. The lowest BCUT2D eigenvalue weighted by atomic mass is 10.1. The molecule has 1 aliphatic carbocycles. The molecule has 80 valence electrons. The highest BCUT2D eigenvalue weighted by molar-refractivity contribution is 5.90. The van der Waals surface area contributed by atoms with E-state index < -0.39 is 0 Å². The number of rotatable bonds is 4. The van der Waals surface area contributed by atoms with Crippen LogP contribution >= 0.6 is 0 Å². The van der Waals surface area contributed by atoms with Crippen LogP contribution in [0.3, 0.4) is 0 Å². The fourth-order valence-electron chi connectivity index (χ4n) is 1.53. The highest BCUT2D eigenvalue weighted by atomic mass is 16.5. The fourth-order valence-corrected chi connectivity index (χ4v) is 1.53. The quantitative estimate of drug-likeness (QED) is 0.761. The number of carbonyl (C=O) groups is 1. The molecule has 0 aliphatic heterocycles. The maximum absolute atomic E-state index is 11.4. The number of hydrogen-bond acceptors (Lipinski definition) is 3. The first-order chi connectivity index (χ1) is 7.31. The second kappa shape index (κ2) is 4.45. The Hall–Kier alpha value is -1.35. The first kappa shape index (κ1) is 10.2. The first-order valence-electron chi connectivity index (χ1n) is 5.21. The van der Waals surface area contributed by atoms with E-state index in [2.05, 4.69) is 5.32 Å². The number of benzene rings is 1. The number of methoxy groups -OCH3 is 1. The zero-order valence-electron chi connectivity index (χ0n) is 8.82. The molecule has 2 rings (SSSR count). The van der Waals surface area contributed by atoms with Gasteiger partial charge in [-0.1, -0.05) is 18.2 Å². The zero-order valence-corrected chi connectivity index (χ0v) is 8.82. The summed E-state index contributed by atoms with van der Waals surface area (Å²) in [6, 6.07) is 8.20. The Morgan fingerprint density at radius 1 is 1.47 bits per heavy atom. The van der Waals surface area contributed by atoms with Gasteiger partial charge in [-0.15, -0.1) is 0 Å². The summed E-state index contributed by atoms with van der Waals surface area (Å²) < 4.78 is 4.73. The van der Waals surface area contributed by atoms with Crippen LogP contribution in [0.4, 0.5) is 0 Å². The molecule has 1 aliphatic rings. The summed E-state index contributed by atoms with van der Waals surface area (Å²) in [5, 5.41) is 3.38. The Morgan fingerprint density at radius 3 is 2.87 bits per heavy atom. The fraction of sp³-hybridized carbons (Fsp3) is 0.417. The van der Waals surface area contributed by atoms with Crippen molar-refractivity contribution < 1.29 is 9.53 Å². The number of ether oxygens (including phenoxy) is 1. The van der Waals surface area contributed by atoms with Crippen molar-refractivity contribution in [2.45, 2.75) is 25.4 Å². The summed E-state index contributed by atoms with van der Waals surface area (Å²) in [5.41, 5.74) is 1.67. The van der Waals surface area contributed by atoms with Crippen LogP contribution in [0.2, 0.25) is 0 Å². The molecule has 1 aromatic rings. The molecular formula is C12H15NO2. The van der Waals surface area contributed by atoms with E-state index in [-0.39, 0.29) is 5.97 Å². The third kappa shape index (κ3) is 2.57. The van der Waals surface area contributed by atoms with Gasteiger partial charge in [-0.05, 0) is 24.5 Å². The smallest absolute Gasteiger partial charge is 0.338 e. The molecule has 0 aromatic heterocycles. The molecule has 0 amide bonds. The van der Waals surface area contributed by atoms with Gasteiger partial charge in [0.15, 0.2) is 0 Å². The average molecular weight is 205 g/mol. The lowest BCUT2D eigenvalue weighted by molar-refractivity contribution is 0.0599. The van der Waals surface area contributed by atoms with Gasteiger partial charge < -0.3 is 10.1 Å². The average Bonchev–Trinajstić information content (AvgIpc) is 3.09. The molecular weight excluding hydrogens is 190 g/mol. The van der Waals surface area contributed by atoms with E-state index in [9.17, 15) is 4.79 Å². The molecule has 0 unspecified atom stereocenters. The van der Waals surface area contributed by atoms with E-state index in [0.717, 1.165) is 12.1 Å². The van der Waals surface area contributed by atoms with Crippen LogP contribution < -0.4 is 5.32 Å². The van der Waals surface area contributed by atoms with Gasteiger partial charge in [0, 0.05) is 12.6 Å². The second-order valence-corrected chi connectivity index (χ2v) is 3.80. The van der Waals surface area contributed by atoms with Crippen molar-refractivity contribution in [1.29, 1.82) is 0 Å². The molecule has 1 N–H and O–H groups in total.